The fourth-order valence-corrected chi connectivity index (χ4v) is 4.21. The third-order valence-electron chi connectivity index (χ3n) is 5.97. The number of hydrogen-bond donors (Lipinski definition) is 1. The number of anilines is 1. The van der Waals surface area contributed by atoms with Gasteiger partial charge in [-0.2, -0.15) is 0 Å². The number of carbonyl (C=O) groups is 2. The number of fused-ring (bicyclic) bond motifs is 1. The summed E-state index contributed by atoms with van der Waals surface area (Å²) in [5.41, 5.74) is 9.41. The van der Waals surface area contributed by atoms with E-state index in [2.05, 4.69) is 19.8 Å². The maximum absolute atomic E-state index is 15.1. The topological polar surface area (TPSA) is 91.9 Å². The highest BCUT2D eigenvalue weighted by molar-refractivity contribution is 6.41. The van der Waals surface area contributed by atoms with Gasteiger partial charge in [0.1, 0.15) is 11.5 Å². The van der Waals surface area contributed by atoms with Gasteiger partial charge in [-0.15, -0.1) is 0 Å². The molecule has 2 aliphatic rings. The number of primary amides is 1. The van der Waals surface area contributed by atoms with E-state index in [4.69, 9.17) is 5.73 Å². The number of hydrogen-bond acceptors (Lipinski definition) is 6. The summed E-state index contributed by atoms with van der Waals surface area (Å²) in [5, 5.41) is 0. The van der Waals surface area contributed by atoms with Crippen molar-refractivity contribution in [2.75, 3.05) is 31.1 Å². The summed E-state index contributed by atoms with van der Waals surface area (Å²) < 4.78 is 15.1. The lowest BCUT2D eigenvalue weighted by atomic mass is 9.96. The Balaban J connectivity index is 1.43. The number of benzene rings is 1. The first-order chi connectivity index (χ1) is 14.9. The zero-order chi connectivity index (χ0) is 22.1. The molecule has 8 heteroatoms. The van der Waals surface area contributed by atoms with Crippen molar-refractivity contribution < 1.29 is 14.0 Å². The van der Waals surface area contributed by atoms with Crippen LogP contribution in [0, 0.1) is 12.7 Å². The van der Waals surface area contributed by atoms with Crippen molar-refractivity contribution in [2.24, 2.45) is 10.7 Å². The molecule has 1 aromatic carbocycles. The fourth-order valence-electron chi connectivity index (χ4n) is 4.21. The molecule has 0 aliphatic carbocycles. The molecule has 1 fully saturated rings. The zero-order valence-electron chi connectivity index (χ0n) is 17.8. The maximum atomic E-state index is 15.1. The van der Waals surface area contributed by atoms with Crippen LogP contribution in [-0.2, 0) is 17.8 Å². The Kier molecular flexibility index (Phi) is 5.82. The predicted octanol–water partition coefficient (Wildman–Crippen LogP) is 2.56. The Morgan fingerprint density at radius 2 is 1.90 bits per heavy atom. The van der Waals surface area contributed by atoms with E-state index in [1.165, 1.54) is 0 Å². The van der Waals surface area contributed by atoms with Crippen molar-refractivity contribution in [3.63, 3.8) is 0 Å². The smallest absolute Gasteiger partial charge is 0.267 e. The minimum absolute atomic E-state index is 0.0863. The second-order valence-electron chi connectivity index (χ2n) is 7.98. The molecule has 0 radical (unpaired) electrons. The van der Waals surface area contributed by atoms with Crippen LogP contribution in [-0.4, -0.2) is 53.5 Å². The van der Waals surface area contributed by atoms with Crippen LogP contribution in [0.4, 0.5) is 15.8 Å². The molecule has 4 rings (SSSR count). The van der Waals surface area contributed by atoms with E-state index in [9.17, 15) is 9.59 Å². The number of rotatable bonds is 5. The normalized spacial score (nSPS) is 16.8. The van der Waals surface area contributed by atoms with Gasteiger partial charge < -0.3 is 10.6 Å². The fraction of sp³-hybridized carbons (Fsp3) is 0.391. The second kappa shape index (κ2) is 8.55. The van der Waals surface area contributed by atoms with Gasteiger partial charge in [0.25, 0.3) is 5.91 Å². The van der Waals surface area contributed by atoms with E-state index in [1.807, 2.05) is 26.0 Å². The average molecular weight is 423 g/mol. The first-order valence-electron chi connectivity index (χ1n) is 10.5. The van der Waals surface area contributed by atoms with Crippen molar-refractivity contribution in [3.05, 3.63) is 52.6 Å². The molecule has 2 aliphatic heterocycles. The van der Waals surface area contributed by atoms with Crippen LogP contribution in [0.1, 0.15) is 40.7 Å². The number of aromatic nitrogens is 1. The molecule has 0 atom stereocenters. The van der Waals surface area contributed by atoms with Crippen molar-refractivity contribution in [2.45, 2.75) is 33.2 Å². The number of aryl methyl sites for hydroxylation is 1. The van der Waals surface area contributed by atoms with Gasteiger partial charge in [-0.05, 0) is 31.5 Å². The number of pyridine rings is 1. The first kappa shape index (κ1) is 21.1. The van der Waals surface area contributed by atoms with Crippen LogP contribution < -0.4 is 10.6 Å². The van der Waals surface area contributed by atoms with Gasteiger partial charge in [-0.3, -0.25) is 14.5 Å². The number of amides is 1. The third kappa shape index (κ3) is 4.20. The summed E-state index contributed by atoms with van der Waals surface area (Å²) in [5.74, 6) is -0.940. The highest BCUT2D eigenvalue weighted by Gasteiger charge is 2.25. The summed E-state index contributed by atoms with van der Waals surface area (Å²) in [6, 6.07) is 7.13. The van der Waals surface area contributed by atoms with Gasteiger partial charge in [-0.25, -0.2) is 14.4 Å². The number of aliphatic imine (C=N–C) groups is 1. The molecule has 2 aromatic rings. The van der Waals surface area contributed by atoms with Gasteiger partial charge in [0.05, 0.1) is 22.8 Å². The van der Waals surface area contributed by atoms with E-state index in [0.29, 0.717) is 35.5 Å². The Morgan fingerprint density at radius 3 is 2.55 bits per heavy atom. The highest BCUT2D eigenvalue weighted by Crippen LogP contribution is 2.30. The van der Waals surface area contributed by atoms with E-state index < -0.39 is 5.91 Å². The first-order valence-corrected chi connectivity index (χ1v) is 10.5. The van der Waals surface area contributed by atoms with Crippen molar-refractivity contribution in [1.82, 2.24) is 9.88 Å². The quantitative estimate of drug-likeness (QED) is 0.798. The van der Waals surface area contributed by atoms with Crippen LogP contribution in [0.15, 0.2) is 29.3 Å². The van der Waals surface area contributed by atoms with Gasteiger partial charge in [0.15, 0.2) is 5.78 Å². The van der Waals surface area contributed by atoms with Gasteiger partial charge in [0.2, 0.25) is 0 Å². The number of halogens is 1. The molecule has 1 amide bonds. The number of Topliss-reactive ketones (excluding diaryl/α,β-unsaturated/α-hetero) is 1. The number of carbonyl (C=O) groups excluding carboxylic acids is 2. The number of piperazine rings is 1. The molecule has 2 N–H and O–H groups in total. The lowest BCUT2D eigenvalue weighted by molar-refractivity contribution is -0.112. The lowest BCUT2D eigenvalue weighted by Gasteiger charge is -2.36. The van der Waals surface area contributed by atoms with Crippen LogP contribution in [0.25, 0.3) is 0 Å². The van der Waals surface area contributed by atoms with Crippen LogP contribution >= 0.6 is 0 Å². The van der Waals surface area contributed by atoms with E-state index >= 15 is 4.39 Å². The third-order valence-corrected chi connectivity index (χ3v) is 5.97. The lowest BCUT2D eigenvalue weighted by Crippen LogP contribution is -2.46. The average Bonchev–Trinajstić information content (AvgIpc) is 2.76. The minimum atomic E-state index is -0.537. The molecule has 31 heavy (non-hydrogen) atoms. The van der Waals surface area contributed by atoms with Crippen LogP contribution in [0.5, 0.6) is 0 Å². The molecule has 3 heterocycles. The molecule has 162 valence electrons. The van der Waals surface area contributed by atoms with Gasteiger partial charge in [0, 0.05) is 50.3 Å². The number of nitrogens with two attached hydrogens (primary N) is 1. The van der Waals surface area contributed by atoms with Crippen LogP contribution in [0.2, 0.25) is 0 Å². The van der Waals surface area contributed by atoms with E-state index in [-0.39, 0.29) is 23.7 Å². The molecule has 0 saturated carbocycles. The Morgan fingerprint density at radius 1 is 1.16 bits per heavy atom. The largest absolute Gasteiger partial charge is 0.368 e. The summed E-state index contributed by atoms with van der Waals surface area (Å²) >= 11 is 0. The minimum Gasteiger partial charge on any atom is -0.368 e. The molecule has 1 saturated heterocycles. The SMILES string of the molecule is CCC1=Nc2ccc(CN3CCN(c4ccc(C(N)=O)nc4C)CC3)c(F)c2CC1=O. The van der Waals surface area contributed by atoms with Crippen LogP contribution in [0.3, 0.4) is 0 Å². The van der Waals surface area contributed by atoms with Gasteiger partial charge >= 0.3 is 0 Å². The molecular weight excluding hydrogens is 397 g/mol. The Labute approximate surface area is 180 Å². The summed E-state index contributed by atoms with van der Waals surface area (Å²) in [6.07, 6.45) is 0.648. The predicted molar refractivity (Wildman–Crippen MR) is 117 cm³/mol. The van der Waals surface area contributed by atoms with E-state index in [0.717, 1.165) is 37.6 Å². The van der Waals surface area contributed by atoms with Crippen molar-refractivity contribution in [1.29, 1.82) is 0 Å². The van der Waals surface area contributed by atoms with E-state index in [1.54, 1.807) is 12.1 Å². The molecule has 0 unspecified atom stereocenters. The second-order valence-corrected chi connectivity index (χ2v) is 7.98. The van der Waals surface area contributed by atoms with Crippen molar-refractivity contribution >= 4 is 28.8 Å². The molecule has 0 bridgehead atoms. The number of ketones is 1. The molecule has 0 spiro atoms. The summed E-state index contributed by atoms with van der Waals surface area (Å²) in [7, 11) is 0. The molecule has 7 nitrogen and oxygen atoms in total. The zero-order valence-corrected chi connectivity index (χ0v) is 17.8. The Hall–Kier alpha value is -3.13. The van der Waals surface area contributed by atoms with Gasteiger partial charge in [-0.1, -0.05) is 13.0 Å². The monoisotopic (exact) mass is 423 g/mol. The Bertz CT molecular complexity index is 1070. The standard InChI is InChI=1S/C23H26FN5O2/c1-3-17-21(30)12-16-18(27-17)5-4-15(22(16)24)13-28-8-10-29(11-9-28)20-7-6-19(23(25)31)26-14(20)2/h4-7H,3,8-13H2,1-2H3,(H2,25,31). The molecular formula is C23H26FN5O2. The molecule has 1 aromatic heterocycles. The maximum Gasteiger partial charge on any atom is 0.267 e. The number of nitrogens with zero attached hydrogens (tertiary/aromatic N) is 4. The summed E-state index contributed by atoms with van der Waals surface area (Å²) in [4.78, 5) is 36.5. The highest BCUT2D eigenvalue weighted by atomic mass is 19.1. The summed E-state index contributed by atoms with van der Waals surface area (Å²) in [6.45, 7) is 7.32. The van der Waals surface area contributed by atoms with Crippen molar-refractivity contribution in [3.8, 4) is 0 Å².